The quantitative estimate of drug-likeness (QED) is 0.630. The molecule has 0 bridgehead atoms. The molecule has 2 aromatic rings. The number of alkyl halides is 1. The lowest BCUT2D eigenvalue weighted by atomic mass is 10.0. The maximum absolute atomic E-state index is 11.6. The summed E-state index contributed by atoms with van der Waals surface area (Å²) in [5, 5.41) is 1.01. The molecule has 0 aromatic heterocycles. The van der Waals surface area contributed by atoms with Gasteiger partial charge in [0.15, 0.2) is 5.38 Å². The molecule has 4 heteroatoms. The number of halogens is 1. The van der Waals surface area contributed by atoms with Crippen LogP contribution in [0.1, 0.15) is 10.9 Å². The van der Waals surface area contributed by atoms with Crippen LogP contribution < -0.4 is 4.74 Å². The lowest BCUT2D eigenvalue weighted by Gasteiger charge is -2.15. The van der Waals surface area contributed by atoms with Gasteiger partial charge in [-0.1, -0.05) is 30.3 Å². The molecule has 0 N–H and O–H groups in total. The number of methoxy groups -OCH3 is 2. The van der Waals surface area contributed by atoms with Crippen molar-refractivity contribution < 1.29 is 14.3 Å². The van der Waals surface area contributed by atoms with Gasteiger partial charge in [-0.05, 0) is 16.8 Å². The summed E-state index contributed by atoms with van der Waals surface area (Å²) in [5.41, 5.74) is 0.643. The summed E-state index contributed by atoms with van der Waals surface area (Å²) in [4.78, 5) is 11.6. The van der Waals surface area contributed by atoms with E-state index in [-0.39, 0.29) is 0 Å². The van der Waals surface area contributed by atoms with Crippen molar-refractivity contribution in [2.75, 3.05) is 14.2 Å². The van der Waals surface area contributed by atoms with Gasteiger partial charge in [0.1, 0.15) is 5.75 Å². The van der Waals surface area contributed by atoms with Crippen LogP contribution in [0.3, 0.4) is 0 Å². The first-order chi connectivity index (χ1) is 8.69. The smallest absolute Gasteiger partial charge is 0.328 e. The largest absolute Gasteiger partial charge is 0.496 e. The van der Waals surface area contributed by atoms with Gasteiger partial charge in [0, 0.05) is 5.56 Å². The predicted octanol–water partition coefficient (Wildman–Crippen LogP) is 3.30. The molecule has 0 aliphatic heterocycles. The van der Waals surface area contributed by atoms with Gasteiger partial charge in [-0.25, -0.2) is 0 Å². The van der Waals surface area contributed by atoms with Gasteiger partial charge < -0.3 is 9.47 Å². The summed E-state index contributed by atoms with van der Waals surface area (Å²) in [6.45, 7) is 0. The standard InChI is InChI=1S/C14H13ClO3/c1-17-11-8-7-9-5-3-4-6-10(9)12(11)13(15)14(16)18-2/h3-8,13H,1-2H3. The summed E-state index contributed by atoms with van der Waals surface area (Å²) in [7, 11) is 2.86. The predicted molar refractivity (Wildman–Crippen MR) is 71.1 cm³/mol. The molecule has 2 aromatic carbocycles. The molecule has 0 heterocycles. The molecule has 18 heavy (non-hydrogen) atoms. The normalized spacial score (nSPS) is 12.2. The van der Waals surface area contributed by atoms with Crippen LogP contribution in [0.2, 0.25) is 0 Å². The van der Waals surface area contributed by atoms with Gasteiger partial charge in [0.05, 0.1) is 14.2 Å². The van der Waals surface area contributed by atoms with E-state index in [4.69, 9.17) is 16.3 Å². The molecule has 3 nitrogen and oxygen atoms in total. The van der Waals surface area contributed by atoms with E-state index in [9.17, 15) is 4.79 Å². The Morgan fingerprint density at radius 2 is 1.89 bits per heavy atom. The van der Waals surface area contributed by atoms with Gasteiger partial charge in [-0.3, -0.25) is 4.79 Å². The maximum atomic E-state index is 11.6. The zero-order valence-electron chi connectivity index (χ0n) is 10.1. The fraction of sp³-hybridized carbons (Fsp3) is 0.214. The topological polar surface area (TPSA) is 35.5 Å². The number of benzene rings is 2. The second-order valence-electron chi connectivity index (χ2n) is 3.79. The molecule has 0 aliphatic carbocycles. The van der Waals surface area contributed by atoms with Crippen LogP contribution in [0, 0.1) is 0 Å². The van der Waals surface area contributed by atoms with E-state index in [1.165, 1.54) is 7.11 Å². The first kappa shape index (κ1) is 12.7. The van der Waals surface area contributed by atoms with Crippen molar-refractivity contribution in [1.29, 1.82) is 0 Å². The second kappa shape index (κ2) is 5.27. The van der Waals surface area contributed by atoms with Gasteiger partial charge >= 0.3 is 5.97 Å². The number of ether oxygens (including phenoxy) is 2. The van der Waals surface area contributed by atoms with E-state index < -0.39 is 11.3 Å². The van der Waals surface area contributed by atoms with Crippen LogP contribution in [-0.4, -0.2) is 20.2 Å². The lowest BCUT2D eigenvalue weighted by Crippen LogP contribution is -2.10. The van der Waals surface area contributed by atoms with E-state index >= 15 is 0 Å². The van der Waals surface area contributed by atoms with Crippen molar-refractivity contribution in [2.45, 2.75) is 5.38 Å². The zero-order valence-corrected chi connectivity index (χ0v) is 10.9. The van der Waals surface area contributed by atoms with Gasteiger partial charge in [-0.15, -0.1) is 11.6 Å². The Balaban J connectivity index is 2.68. The zero-order chi connectivity index (χ0) is 13.1. The van der Waals surface area contributed by atoms with Crippen molar-refractivity contribution in [3.63, 3.8) is 0 Å². The Morgan fingerprint density at radius 3 is 2.56 bits per heavy atom. The van der Waals surface area contributed by atoms with Crippen LogP contribution in [0.15, 0.2) is 36.4 Å². The number of hydrogen-bond acceptors (Lipinski definition) is 3. The van der Waals surface area contributed by atoms with Gasteiger partial charge in [0.2, 0.25) is 0 Å². The highest BCUT2D eigenvalue weighted by molar-refractivity contribution is 6.31. The van der Waals surface area contributed by atoms with E-state index in [2.05, 4.69) is 4.74 Å². The molecule has 2 rings (SSSR count). The number of carbonyl (C=O) groups excluding carboxylic acids is 1. The molecule has 0 radical (unpaired) electrons. The Morgan fingerprint density at radius 1 is 1.17 bits per heavy atom. The summed E-state index contributed by atoms with van der Waals surface area (Å²) in [5.74, 6) is 0.0884. The molecule has 0 fully saturated rings. The SMILES string of the molecule is COC(=O)C(Cl)c1c(OC)ccc2ccccc12. The highest BCUT2D eigenvalue weighted by Crippen LogP contribution is 2.36. The van der Waals surface area contributed by atoms with Crippen LogP contribution >= 0.6 is 11.6 Å². The van der Waals surface area contributed by atoms with Crippen LogP contribution in [0.5, 0.6) is 5.75 Å². The Kier molecular flexibility index (Phi) is 3.72. The molecule has 0 aliphatic rings. The molecular weight excluding hydrogens is 252 g/mol. The Bertz CT molecular complexity index is 580. The fourth-order valence-corrected chi connectivity index (χ4v) is 2.25. The summed E-state index contributed by atoms with van der Waals surface area (Å²) in [6.07, 6.45) is 0. The molecule has 0 amide bonds. The highest BCUT2D eigenvalue weighted by atomic mass is 35.5. The third kappa shape index (κ3) is 2.14. The monoisotopic (exact) mass is 264 g/mol. The third-order valence-electron chi connectivity index (χ3n) is 2.81. The van der Waals surface area contributed by atoms with Crippen molar-refractivity contribution in [2.24, 2.45) is 0 Å². The average molecular weight is 265 g/mol. The van der Waals surface area contributed by atoms with Gasteiger partial charge in [-0.2, -0.15) is 0 Å². The summed E-state index contributed by atoms with van der Waals surface area (Å²) < 4.78 is 9.97. The van der Waals surface area contributed by atoms with Crippen LogP contribution in [0.4, 0.5) is 0 Å². The van der Waals surface area contributed by atoms with Crippen LogP contribution in [0.25, 0.3) is 10.8 Å². The van der Waals surface area contributed by atoms with Crippen molar-refractivity contribution in [3.8, 4) is 5.75 Å². The molecule has 94 valence electrons. The Hall–Kier alpha value is -1.74. The molecule has 0 saturated heterocycles. The first-order valence-electron chi connectivity index (χ1n) is 5.46. The van der Waals surface area contributed by atoms with E-state index in [1.54, 1.807) is 13.2 Å². The van der Waals surface area contributed by atoms with E-state index in [0.29, 0.717) is 11.3 Å². The van der Waals surface area contributed by atoms with E-state index in [1.807, 2.05) is 30.3 Å². The molecule has 1 unspecified atom stereocenters. The van der Waals surface area contributed by atoms with Crippen molar-refractivity contribution in [3.05, 3.63) is 42.0 Å². The minimum atomic E-state index is -0.879. The van der Waals surface area contributed by atoms with Gasteiger partial charge in [0.25, 0.3) is 0 Å². The number of fused-ring (bicyclic) bond motifs is 1. The molecule has 0 spiro atoms. The minimum absolute atomic E-state index is 0.494. The fourth-order valence-electron chi connectivity index (χ4n) is 1.94. The number of hydrogen-bond donors (Lipinski definition) is 0. The first-order valence-corrected chi connectivity index (χ1v) is 5.90. The summed E-state index contributed by atoms with van der Waals surface area (Å²) in [6, 6.07) is 11.4. The molecule has 1 atom stereocenters. The lowest BCUT2D eigenvalue weighted by molar-refractivity contribution is -0.140. The second-order valence-corrected chi connectivity index (χ2v) is 4.22. The summed E-state index contributed by atoms with van der Waals surface area (Å²) >= 11 is 6.17. The van der Waals surface area contributed by atoms with Crippen molar-refractivity contribution >= 4 is 28.3 Å². The van der Waals surface area contributed by atoms with Crippen molar-refractivity contribution in [1.82, 2.24) is 0 Å². The molecular formula is C14H13ClO3. The average Bonchev–Trinajstić information content (AvgIpc) is 2.44. The minimum Gasteiger partial charge on any atom is -0.496 e. The third-order valence-corrected chi connectivity index (χ3v) is 3.21. The highest BCUT2D eigenvalue weighted by Gasteiger charge is 2.24. The van der Waals surface area contributed by atoms with Crippen LogP contribution in [-0.2, 0) is 9.53 Å². The maximum Gasteiger partial charge on any atom is 0.328 e. The number of esters is 1. The number of rotatable bonds is 3. The number of carbonyl (C=O) groups is 1. The molecule has 0 saturated carbocycles. The Labute approximate surface area is 110 Å². The van der Waals surface area contributed by atoms with E-state index in [0.717, 1.165) is 10.8 Å².